The number of ether oxygens (including phenoxy) is 2. The van der Waals surface area contributed by atoms with E-state index in [1.54, 1.807) is 19.2 Å². The molecule has 0 amide bonds. The Hall–Kier alpha value is -3.43. The first-order valence-corrected chi connectivity index (χ1v) is 10.9. The van der Waals surface area contributed by atoms with E-state index in [0.717, 1.165) is 28.0 Å². The minimum Gasteiger partial charge on any atom is -0.504 e. The molecule has 1 atom stereocenters. The van der Waals surface area contributed by atoms with Crippen LogP contribution in [0.3, 0.4) is 0 Å². The van der Waals surface area contributed by atoms with E-state index in [-0.39, 0.29) is 5.75 Å². The third-order valence-corrected chi connectivity index (χ3v) is 5.96. The lowest BCUT2D eigenvalue weighted by molar-refractivity contribution is 0.183. The average molecular weight is 467 g/mol. The number of aromatic hydroxyl groups is 1. The molecular weight excluding hydrogens is 440 g/mol. The second-order valence-corrected chi connectivity index (χ2v) is 8.13. The van der Waals surface area contributed by atoms with Gasteiger partial charge in [0, 0.05) is 24.9 Å². The first kappa shape index (κ1) is 22.8. The van der Waals surface area contributed by atoms with Gasteiger partial charge in [-0.3, -0.25) is 0 Å². The molecule has 0 aliphatic carbocycles. The molecule has 1 aliphatic rings. The monoisotopic (exact) mass is 466 g/mol. The fourth-order valence-electron chi connectivity index (χ4n) is 3.80. The Morgan fingerprint density at radius 2 is 1.91 bits per heavy atom. The quantitative estimate of drug-likeness (QED) is 0.500. The number of thiocarbonyl (C=S) groups is 1. The van der Waals surface area contributed by atoms with Crippen molar-refractivity contribution in [3.8, 4) is 22.9 Å². The van der Waals surface area contributed by atoms with Gasteiger partial charge in [0.2, 0.25) is 5.82 Å². The van der Waals surface area contributed by atoms with Gasteiger partial charge in [-0.2, -0.15) is 4.98 Å². The van der Waals surface area contributed by atoms with Gasteiger partial charge in [0.15, 0.2) is 16.6 Å². The maximum Gasteiger partial charge on any atom is 0.258 e. The van der Waals surface area contributed by atoms with Gasteiger partial charge < -0.3 is 29.3 Å². The van der Waals surface area contributed by atoms with Gasteiger partial charge in [0.25, 0.3) is 5.89 Å². The topological polar surface area (TPSA) is 92.9 Å². The molecule has 3 aromatic rings. The smallest absolute Gasteiger partial charge is 0.258 e. The number of hydrogen-bond acceptors (Lipinski definition) is 7. The predicted octanol–water partition coefficient (Wildman–Crippen LogP) is 4.07. The summed E-state index contributed by atoms with van der Waals surface area (Å²) in [6, 6.07) is 12.8. The van der Waals surface area contributed by atoms with Crippen LogP contribution in [-0.2, 0) is 4.74 Å². The van der Waals surface area contributed by atoms with Crippen molar-refractivity contribution >= 4 is 22.9 Å². The summed E-state index contributed by atoms with van der Waals surface area (Å²) in [5.41, 5.74) is 4.44. The van der Waals surface area contributed by atoms with Crippen LogP contribution in [0.5, 0.6) is 11.5 Å². The lowest BCUT2D eigenvalue weighted by atomic mass is 9.94. The van der Waals surface area contributed by atoms with E-state index in [2.05, 4.69) is 10.5 Å². The lowest BCUT2D eigenvalue weighted by Crippen LogP contribution is -2.47. The fraction of sp³-hybridized carbons (Fsp3) is 0.292. The summed E-state index contributed by atoms with van der Waals surface area (Å²) in [5, 5.41) is 18.5. The molecule has 2 aromatic carbocycles. The highest BCUT2D eigenvalue weighted by Crippen LogP contribution is 2.39. The minimum absolute atomic E-state index is 0.0346. The number of rotatable bonds is 7. The largest absolute Gasteiger partial charge is 0.504 e. The zero-order valence-electron chi connectivity index (χ0n) is 19.0. The Morgan fingerprint density at radius 1 is 1.15 bits per heavy atom. The molecule has 9 heteroatoms. The summed E-state index contributed by atoms with van der Waals surface area (Å²) in [6.45, 7) is 5.06. The Morgan fingerprint density at radius 3 is 2.58 bits per heavy atom. The Bertz CT molecular complexity index is 1190. The van der Waals surface area contributed by atoms with Crippen molar-refractivity contribution in [2.24, 2.45) is 0 Å². The van der Waals surface area contributed by atoms with Gasteiger partial charge in [-0.05, 0) is 43.8 Å². The average Bonchev–Trinajstić information content (AvgIpc) is 3.28. The number of methoxy groups -OCH3 is 2. The molecular formula is C24H26N4O4S. The molecule has 172 valence electrons. The third-order valence-electron chi connectivity index (χ3n) is 5.62. The standard InChI is InChI=1S/C24H26N4O4S/c1-14-5-7-16(8-6-14)22-26-23(32-27-22)20-15(2)28(11-12-30-3)24(33)25-21(20)17-9-10-19(31-4)18(29)13-17/h5-10,13,21,29H,11-12H2,1-4H3,(H,25,33). The molecule has 0 fully saturated rings. The van der Waals surface area contributed by atoms with Crippen LogP contribution in [0.4, 0.5) is 0 Å². The molecule has 1 aliphatic heterocycles. The number of aromatic nitrogens is 2. The number of aryl methyl sites for hydroxylation is 1. The van der Waals surface area contributed by atoms with E-state index in [1.165, 1.54) is 7.11 Å². The first-order valence-electron chi connectivity index (χ1n) is 10.5. The van der Waals surface area contributed by atoms with Crippen LogP contribution in [-0.4, -0.2) is 52.6 Å². The minimum atomic E-state index is -0.403. The van der Waals surface area contributed by atoms with Crippen molar-refractivity contribution in [3.63, 3.8) is 0 Å². The molecule has 1 unspecified atom stereocenters. The fourth-order valence-corrected chi connectivity index (χ4v) is 4.15. The molecule has 4 rings (SSSR count). The van der Waals surface area contributed by atoms with Crippen LogP contribution in [0, 0.1) is 6.92 Å². The molecule has 2 N–H and O–H groups in total. The number of nitrogens with one attached hydrogen (secondary N) is 1. The SMILES string of the molecule is COCCN1C(=S)NC(c2ccc(OC)c(O)c2)C(c2nc(-c3ccc(C)cc3)no2)=C1C. The van der Waals surface area contributed by atoms with Crippen molar-refractivity contribution in [3.05, 3.63) is 65.2 Å². The van der Waals surface area contributed by atoms with E-state index in [9.17, 15) is 5.11 Å². The van der Waals surface area contributed by atoms with Crippen molar-refractivity contribution in [2.45, 2.75) is 19.9 Å². The number of benzene rings is 2. The van der Waals surface area contributed by atoms with Crippen molar-refractivity contribution in [1.82, 2.24) is 20.4 Å². The summed E-state index contributed by atoms with van der Waals surface area (Å²) in [5.74, 6) is 1.30. The van der Waals surface area contributed by atoms with Crippen molar-refractivity contribution in [1.29, 1.82) is 0 Å². The Kier molecular flexibility index (Phi) is 6.62. The Labute approximate surface area is 197 Å². The second kappa shape index (κ2) is 9.60. The number of nitrogens with zero attached hydrogens (tertiary/aromatic N) is 3. The third kappa shape index (κ3) is 4.55. The second-order valence-electron chi connectivity index (χ2n) is 7.75. The van der Waals surface area contributed by atoms with Crippen LogP contribution in [0.1, 0.15) is 30.0 Å². The zero-order chi connectivity index (χ0) is 23.5. The van der Waals surface area contributed by atoms with Crippen molar-refractivity contribution < 1.29 is 19.1 Å². The van der Waals surface area contributed by atoms with Crippen LogP contribution in [0.25, 0.3) is 17.0 Å². The van der Waals surface area contributed by atoms with E-state index in [4.69, 9.17) is 31.2 Å². The molecule has 0 saturated heterocycles. The predicted molar refractivity (Wildman–Crippen MR) is 129 cm³/mol. The number of phenols is 1. The number of hydrogen-bond donors (Lipinski definition) is 2. The van der Waals surface area contributed by atoms with E-state index in [1.807, 2.05) is 49.1 Å². The number of allylic oxidation sites excluding steroid dienone is 1. The zero-order valence-corrected chi connectivity index (χ0v) is 19.8. The van der Waals surface area contributed by atoms with Crippen LogP contribution < -0.4 is 10.1 Å². The highest BCUT2D eigenvalue weighted by atomic mass is 32.1. The van der Waals surface area contributed by atoms with Crippen LogP contribution >= 0.6 is 12.2 Å². The van der Waals surface area contributed by atoms with Crippen LogP contribution in [0.2, 0.25) is 0 Å². The molecule has 33 heavy (non-hydrogen) atoms. The molecule has 1 aromatic heterocycles. The molecule has 8 nitrogen and oxygen atoms in total. The van der Waals surface area contributed by atoms with Crippen molar-refractivity contribution in [2.75, 3.05) is 27.4 Å². The maximum absolute atomic E-state index is 10.4. The summed E-state index contributed by atoms with van der Waals surface area (Å²) >= 11 is 5.64. The highest BCUT2D eigenvalue weighted by molar-refractivity contribution is 7.80. The van der Waals surface area contributed by atoms with Gasteiger partial charge in [-0.25, -0.2) is 0 Å². The highest BCUT2D eigenvalue weighted by Gasteiger charge is 2.34. The van der Waals surface area contributed by atoms with E-state index >= 15 is 0 Å². The van der Waals surface area contributed by atoms with Gasteiger partial charge in [0.05, 0.1) is 25.3 Å². The molecule has 0 saturated carbocycles. The van der Waals surface area contributed by atoms with Gasteiger partial charge in [-0.15, -0.1) is 0 Å². The summed E-state index contributed by atoms with van der Waals surface area (Å²) in [7, 11) is 3.16. The Balaban J connectivity index is 1.80. The normalized spacial score (nSPS) is 16.2. The van der Waals surface area contributed by atoms with Gasteiger partial charge in [0.1, 0.15) is 0 Å². The molecule has 0 spiro atoms. The molecule has 2 heterocycles. The lowest BCUT2D eigenvalue weighted by Gasteiger charge is -2.37. The van der Waals surface area contributed by atoms with E-state index in [0.29, 0.717) is 35.7 Å². The summed E-state index contributed by atoms with van der Waals surface area (Å²) in [6.07, 6.45) is 0. The molecule has 0 bridgehead atoms. The van der Waals surface area contributed by atoms with Crippen LogP contribution in [0.15, 0.2) is 52.7 Å². The summed E-state index contributed by atoms with van der Waals surface area (Å²) in [4.78, 5) is 6.64. The molecule has 0 radical (unpaired) electrons. The number of phenolic OH excluding ortho intramolecular Hbond substituents is 1. The van der Waals surface area contributed by atoms with Gasteiger partial charge >= 0.3 is 0 Å². The maximum atomic E-state index is 10.4. The first-order chi connectivity index (χ1) is 15.9. The van der Waals surface area contributed by atoms with Gasteiger partial charge in [-0.1, -0.05) is 41.1 Å². The van der Waals surface area contributed by atoms with E-state index < -0.39 is 6.04 Å². The summed E-state index contributed by atoms with van der Waals surface area (Å²) < 4.78 is 16.2.